The molecule has 1 aromatic rings. The zero-order valence-corrected chi connectivity index (χ0v) is 11.7. The largest absolute Gasteiger partial charge is 0.492 e. The molecule has 1 saturated carbocycles. The predicted molar refractivity (Wildman–Crippen MR) is 75.5 cm³/mol. The lowest BCUT2D eigenvalue weighted by Crippen LogP contribution is -2.14. The molecule has 0 aromatic carbocycles. The Hall–Kier alpha value is -1.38. The first-order chi connectivity index (χ1) is 9.31. The molecule has 104 valence electrons. The summed E-state index contributed by atoms with van der Waals surface area (Å²) in [6.45, 7) is 2.73. The molecule has 3 nitrogen and oxygen atoms in total. The fourth-order valence-corrected chi connectivity index (χ4v) is 2.63. The van der Waals surface area contributed by atoms with Gasteiger partial charge in [-0.1, -0.05) is 32.6 Å². The Labute approximate surface area is 115 Å². The van der Waals surface area contributed by atoms with E-state index in [-0.39, 0.29) is 11.7 Å². The first-order valence-corrected chi connectivity index (χ1v) is 7.43. The number of aromatic nitrogens is 1. The Balaban J connectivity index is 2.04. The quantitative estimate of drug-likeness (QED) is 0.593. The third-order valence-electron chi connectivity index (χ3n) is 3.70. The summed E-state index contributed by atoms with van der Waals surface area (Å²) in [5, 5.41) is 0. The van der Waals surface area contributed by atoms with Crippen molar-refractivity contribution in [3.63, 3.8) is 0 Å². The van der Waals surface area contributed by atoms with Crippen molar-refractivity contribution in [3.8, 4) is 5.75 Å². The van der Waals surface area contributed by atoms with Crippen molar-refractivity contribution >= 4 is 5.78 Å². The van der Waals surface area contributed by atoms with Gasteiger partial charge in [-0.05, 0) is 25.3 Å². The summed E-state index contributed by atoms with van der Waals surface area (Å²) in [5.41, 5.74) is 0.709. The Kier molecular flexibility index (Phi) is 5.37. The maximum atomic E-state index is 12.5. The van der Waals surface area contributed by atoms with Crippen LogP contribution >= 0.6 is 0 Å². The zero-order valence-electron chi connectivity index (χ0n) is 11.7. The van der Waals surface area contributed by atoms with Gasteiger partial charge in [-0.15, -0.1) is 0 Å². The molecule has 0 saturated heterocycles. The molecule has 0 N–H and O–H groups in total. The van der Waals surface area contributed by atoms with E-state index in [1.54, 1.807) is 12.4 Å². The standard InChI is InChI=1S/C16H23NO2/c1-2-9-19-15-10-14(11-17-12-15)16(18)13-7-5-3-4-6-8-13/h10-13H,2-9H2,1H3. The van der Waals surface area contributed by atoms with Crippen LogP contribution in [0, 0.1) is 5.92 Å². The molecule has 1 fully saturated rings. The summed E-state index contributed by atoms with van der Waals surface area (Å²) in [7, 11) is 0. The number of hydrogen-bond donors (Lipinski definition) is 0. The molecule has 0 amide bonds. The average Bonchev–Trinajstić information content (AvgIpc) is 2.73. The smallest absolute Gasteiger partial charge is 0.167 e. The molecule has 0 spiro atoms. The lowest BCUT2D eigenvalue weighted by Gasteiger charge is -2.13. The third-order valence-corrected chi connectivity index (χ3v) is 3.70. The van der Waals surface area contributed by atoms with Crippen molar-refractivity contribution in [2.45, 2.75) is 51.9 Å². The molecule has 0 aliphatic heterocycles. The molecule has 0 unspecified atom stereocenters. The molecular weight excluding hydrogens is 238 g/mol. The van der Waals surface area contributed by atoms with Crippen LogP contribution in [0.3, 0.4) is 0 Å². The molecular formula is C16H23NO2. The van der Waals surface area contributed by atoms with Crippen molar-refractivity contribution in [1.29, 1.82) is 0 Å². The zero-order chi connectivity index (χ0) is 13.5. The fraction of sp³-hybridized carbons (Fsp3) is 0.625. The van der Waals surface area contributed by atoms with Gasteiger partial charge in [0.05, 0.1) is 12.8 Å². The molecule has 1 aromatic heterocycles. The van der Waals surface area contributed by atoms with E-state index in [1.807, 2.05) is 6.07 Å². The number of hydrogen-bond acceptors (Lipinski definition) is 3. The Bertz CT molecular complexity index is 409. The molecule has 0 atom stereocenters. The second kappa shape index (κ2) is 7.27. The second-order valence-electron chi connectivity index (χ2n) is 5.31. The van der Waals surface area contributed by atoms with Crippen LogP contribution in [0.1, 0.15) is 62.2 Å². The van der Waals surface area contributed by atoms with E-state index in [0.717, 1.165) is 19.3 Å². The fourth-order valence-electron chi connectivity index (χ4n) is 2.63. The molecule has 19 heavy (non-hydrogen) atoms. The molecule has 2 rings (SSSR count). The molecule has 0 bridgehead atoms. The summed E-state index contributed by atoms with van der Waals surface area (Å²) in [6.07, 6.45) is 11.2. The van der Waals surface area contributed by atoms with Crippen LogP contribution in [-0.4, -0.2) is 17.4 Å². The molecule has 1 aliphatic rings. The summed E-state index contributed by atoms with van der Waals surface area (Å²) in [5.74, 6) is 1.14. The normalized spacial score (nSPS) is 16.9. The van der Waals surface area contributed by atoms with Gasteiger partial charge in [0, 0.05) is 17.7 Å². The summed E-state index contributed by atoms with van der Waals surface area (Å²) < 4.78 is 5.54. The number of Topliss-reactive ketones (excluding diaryl/α,β-unsaturated/α-hetero) is 1. The van der Waals surface area contributed by atoms with E-state index in [4.69, 9.17) is 4.74 Å². The van der Waals surface area contributed by atoms with E-state index >= 15 is 0 Å². The predicted octanol–water partition coefficient (Wildman–Crippen LogP) is 4.02. The van der Waals surface area contributed by atoms with Crippen molar-refractivity contribution < 1.29 is 9.53 Å². The first-order valence-electron chi connectivity index (χ1n) is 7.43. The SMILES string of the molecule is CCCOc1cncc(C(=O)C2CCCCCC2)c1. The molecule has 0 radical (unpaired) electrons. The number of carbonyl (C=O) groups excluding carboxylic acids is 1. The number of rotatable bonds is 5. The van der Waals surface area contributed by atoms with Gasteiger partial charge in [0.2, 0.25) is 0 Å². The average molecular weight is 261 g/mol. The van der Waals surface area contributed by atoms with Gasteiger partial charge in [-0.3, -0.25) is 9.78 Å². The summed E-state index contributed by atoms with van der Waals surface area (Å²) in [4.78, 5) is 16.6. The van der Waals surface area contributed by atoms with Crippen LogP contribution in [0.25, 0.3) is 0 Å². The van der Waals surface area contributed by atoms with Gasteiger partial charge < -0.3 is 4.74 Å². The lowest BCUT2D eigenvalue weighted by molar-refractivity contribution is 0.0907. The Morgan fingerprint density at radius 1 is 1.26 bits per heavy atom. The van der Waals surface area contributed by atoms with Gasteiger partial charge in [0.1, 0.15) is 5.75 Å². The molecule has 1 aliphatic carbocycles. The maximum absolute atomic E-state index is 12.5. The van der Waals surface area contributed by atoms with Gasteiger partial charge in [0.25, 0.3) is 0 Å². The van der Waals surface area contributed by atoms with E-state index in [1.165, 1.54) is 25.7 Å². The van der Waals surface area contributed by atoms with Crippen LogP contribution in [0.15, 0.2) is 18.5 Å². The Morgan fingerprint density at radius 2 is 2.00 bits per heavy atom. The number of ether oxygens (including phenoxy) is 1. The van der Waals surface area contributed by atoms with E-state index in [9.17, 15) is 4.79 Å². The maximum Gasteiger partial charge on any atom is 0.167 e. The molecule has 3 heteroatoms. The summed E-state index contributed by atoms with van der Waals surface area (Å²) >= 11 is 0. The van der Waals surface area contributed by atoms with Crippen molar-refractivity contribution in [1.82, 2.24) is 4.98 Å². The van der Waals surface area contributed by atoms with Crippen molar-refractivity contribution in [2.24, 2.45) is 5.92 Å². The van der Waals surface area contributed by atoms with Crippen LogP contribution in [0.2, 0.25) is 0 Å². The minimum atomic E-state index is 0.186. The minimum Gasteiger partial charge on any atom is -0.492 e. The Morgan fingerprint density at radius 3 is 2.68 bits per heavy atom. The third kappa shape index (κ3) is 4.05. The number of pyridine rings is 1. The van der Waals surface area contributed by atoms with Crippen LogP contribution < -0.4 is 4.74 Å². The number of nitrogens with zero attached hydrogens (tertiary/aromatic N) is 1. The van der Waals surface area contributed by atoms with Crippen LogP contribution in [0.5, 0.6) is 5.75 Å². The van der Waals surface area contributed by atoms with Gasteiger partial charge in [0.15, 0.2) is 5.78 Å². The first kappa shape index (κ1) is 14.0. The van der Waals surface area contributed by atoms with E-state index in [0.29, 0.717) is 17.9 Å². The van der Waals surface area contributed by atoms with Crippen molar-refractivity contribution in [2.75, 3.05) is 6.61 Å². The number of carbonyl (C=O) groups is 1. The highest BCUT2D eigenvalue weighted by Crippen LogP contribution is 2.26. The highest BCUT2D eigenvalue weighted by atomic mass is 16.5. The van der Waals surface area contributed by atoms with Crippen LogP contribution in [-0.2, 0) is 0 Å². The molecule has 1 heterocycles. The lowest BCUT2D eigenvalue weighted by atomic mass is 9.92. The highest BCUT2D eigenvalue weighted by Gasteiger charge is 2.21. The monoisotopic (exact) mass is 261 g/mol. The van der Waals surface area contributed by atoms with Crippen LogP contribution in [0.4, 0.5) is 0 Å². The van der Waals surface area contributed by atoms with Gasteiger partial charge in [-0.2, -0.15) is 0 Å². The van der Waals surface area contributed by atoms with E-state index in [2.05, 4.69) is 11.9 Å². The number of ketones is 1. The van der Waals surface area contributed by atoms with E-state index < -0.39 is 0 Å². The van der Waals surface area contributed by atoms with Crippen molar-refractivity contribution in [3.05, 3.63) is 24.0 Å². The van der Waals surface area contributed by atoms with Gasteiger partial charge >= 0.3 is 0 Å². The minimum absolute atomic E-state index is 0.186. The topological polar surface area (TPSA) is 39.2 Å². The summed E-state index contributed by atoms with van der Waals surface area (Å²) in [6, 6.07) is 1.84. The van der Waals surface area contributed by atoms with Gasteiger partial charge in [-0.25, -0.2) is 0 Å². The highest BCUT2D eigenvalue weighted by molar-refractivity contribution is 5.97. The second-order valence-corrected chi connectivity index (χ2v) is 5.31.